The molecule has 13 heteroatoms. The highest BCUT2D eigenvalue weighted by molar-refractivity contribution is 6.05. The lowest BCUT2D eigenvalue weighted by molar-refractivity contribution is -0.120. The Labute approximate surface area is 286 Å². The quantitative estimate of drug-likeness (QED) is 0.256. The Kier molecular flexibility index (Phi) is 9.17. The van der Waals surface area contributed by atoms with Gasteiger partial charge in [-0.15, -0.1) is 0 Å². The maximum atomic E-state index is 13.0. The van der Waals surface area contributed by atoms with Crippen LogP contribution in [0.2, 0.25) is 0 Å². The predicted molar refractivity (Wildman–Crippen MR) is 189 cm³/mol. The van der Waals surface area contributed by atoms with Crippen LogP contribution in [0.1, 0.15) is 67.0 Å². The fourth-order valence-corrected chi connectivity index (χ4v) is 7.37. The third-order valence-electron chi connectivity index (χ3n) is 10.0. The van der Waals surface area contributed by atoms with Crippen LogP contribution in [0.15, 0.2) is 54.9 Å². The van der Waals surface area contributed by atoms with E-state index in [2.05, 4.69) is 49.2 Å². The molecule has 0 bridgehead atoms. The van der Waals surface area contributed by atoms with E-state index in [9.17, 15) is 14.4 Å². The number of aromatic nitrogens is 4. The zero-order chi connectivity index (χ0) is 34.1. The molecule has 256 valence electrons. The van der Waals surface area contributed by atoms with Crippen molar-refractivity contribution in [1.82, 2.24) is 34.6 Å². The molecule has 4 aromatic rings. The van der Waals surface area contributed by atoms with Gasteiger partial charge in [-0.25, -0.2) is 14.8 Å². The number of anilines is 4. The number of nitrogens with zero attached hydrogens (tertiary/aromatic N) is 8. The van der Waals surface area contributed by atoms with E-state index in [4.69, 9.17) is 9.97 Å². The van der Waals surface area contributed by atoms with Crippen LogP contribution in [-0.4, -0.2) is 94.0 Å². The third-order valence-corrected chi connectivity index (χ3v) is 10.0. The van der Waals surface area contributed by atoms with Crippen molar-refractivity contribution >= 4 is 52.0 Å². The first-order valence-corrected chi connectivity index (χ1v) is 17.2. The van der Waals surface area contributed by atoms with Gasteiger partial charge in [-0.2, -0.15) is 4.98 Å². The minimum atomic E-state index is -0.361. The highest BCUT2D eigenvalue weighted by Crippen LogP contribution is 2.35. The van der Waals surface area contributed by atoms with Gasteiger partial charge >= 0.3 is 6.03 Å². The Morgan fingerprint density at radius 3 is 2.45 bits per heavy atom. The molecule has 2 saturated heterocycles. The second-order valence-corrected chi connectivity index (χ2v) is 13.6. The van der Waals surface area contributed by atoms with E-state index in [0.29, 0.717) is 36.5 Å². The van der Waals surface area contributed by atoms with E-state index in [1.54, 1.807) is 30.1 Å². The van der Waals surface area contributed by atoms with Crippen molar-refractivity contribution in [1.29, 1.82) is 0 Å². The van der Waals surface area contributed by atoms with Crippen LogP contribution >= 0.6 is 0 Å². The Morgan fingerprint density at radius 2 is 1.73 bits per heavy atom. The lowest BCUT2D eigenvalue weighted by atomic mass is 10.0. The number of hydrogen-bond donors (Lipinski definition) is 2. The van der Waals surface area contributed by atoms with Crippen LogP contribution in [0, 0.1) is 0 Å². The summed E-state index contributed by atoms with van der Waals surface area (Å²) in [6, 6.07) is 14.3. The number of nitrogens with one attached hydrogen (secondary N) is 2. The van der Waals surface area contributed by atoms with Crippen molar-refractivity contribution in [2.45, 2.75) is 63.6 Å². The number of rotatable bonds is 9. The van der Waals surface area contributed by atoms with Crippen molar-refractivity contribution in [2.24, 2.45) is 0 Å². The molecule has 3 fully saturated rings. The van der Waals surface area contributed by atoms with Crippen molar-refractivity contribution in [2.75, 3.05) is 55.9 Å². The Hall–Kier alpha value is -5.04. The molecule has 1 saturated carbocycles. The summed E-state index contributed by atoms with van der Waals surface area (Å²) in [7, 11) is 5.72. The molecule has 0 spiro atoms. The summed E-state index contributed by atoms with van der Waals surface area (Å²) in [5.41, 5.74) is 4.46. The summed E-state index contributed by atoms with van der Waals surface area (Å²) < 4.78 is 2.12. The van der Waals surface area contributed by atoms with Gasteiger partial charge < -0.3 is 19.7 Å². The minimum absolute atomic E-state index is 0.0254. The zero-order valence-electron chi connectivity index (χ0n) is 28.4. The molecule has 2 N–H and O–H groups in total. The number of piperidine rings is 1. The monoisotopic (exact) mass is 664 g/mol. The van der Waals surface area contributed by atoms with Gasteiger partial charge in [0.25, 0.3) is 5.91 Å². The zero-order valence-corrected chi connectivity index (χ0v) is 28.4. The third kappa shape index (κ3) is 6.93. The Balaban J connectivity index is 0.961. The average molecular weight is 665 g/mol. The van der Waals surface area contributed by atoms with Crippen LogP contribution < -0.4 is 20.4 Å². The number of carbonyl (C=O) groups is 3. The molecule has 4 amide bonds. The molecule has 13 nitrogen and oxygen atoms in total. The molecule has 3 aliphatic rings. The van der Waals surface area contributed by atoms with Crippen LogP contribution in [0.5, 0.6) is 0 Å². The van der Waals surface area contributed by atoms with E-state index in [0.717, 1.165) is 86.1 Å². The van der Waals surface area contributed by atoms with E-state index >= 15 is 0 Å². The van der Waals surface area contributed by atoms with Crippen LogP contribution in [0.3, 0.4) is 0 Å². The van der Waals surface area contributed by atoms with Gasteiger partial charge in [0.1, 0.15) is 17.2 Å². The molecule has 1 aromatic carbocycles. The first-order chi connectivity index (χ1) is 23.7. The molecule has 49 heavy (non-hydrogen) atoms. The highest BCUT2D eigenvalue weighted by atomic mass is 16.2. The van der Waals surface area contributed by atoms with Gasteiger partial charge in [0.05, 0.1) is 11.9 Å². The van der Waals surface area contributed by atoms with Crippen LogP contribution in [-0.2, 0) is 11.3 Å². The topological polar surface area (TPSA) is 132 Å². The molecule has 5 heterocycles. The summed E-state index contributed by atoms with van der Waals surface area (Å²) >= 11 is 0. The molecule has 7 rings (SSSR count). The number of urea groups is 1. The van der Waals surface area contributed by atoms with Crippen LogP contribution in [0.25, 0.3) is 11.0 Å². The maximum Gasteiger partial charge on any atom is 0.328 e. The molecule has 2 aliphatic heterocycles. The summed E-state index contributed by atoms with van der Waals surface area (Å²) in [5.74, 6) is 0.868. The predicted octanol–water partition coefficient (Wildman–Crippen LogP) is 4.93. The second-order valence-electron chi connectivity index (χ2n) is 13.6. The molecular formula is C36H44N10O3. The van der Waals surface area contributed by atoms with Gasteiger partial charge in [-0.3, -0.25) is 24.7 Å². The molecule has 0 radical (unpaired) electrons. The number of fused-ring (bicyclic) bond motifs is 1. The average Bonchev–Trinajstić information content (AvgIpc) is 3.76. The maximum absolute atomic E-state index is 13.0. The molecule has 0 atom stereocenters. The normalized spacial score (nSPS) is 17.6. The van der Waals surface area contributed by atoms with Gasteiger partial charge in [-0.05, 0) is 68.6 Å². The van der Waals surface area contributed by atoms with Crippen molar-refractivity contribution in [3.05, 3.63) is 66.1 Å². The lowest BCUT2D eigenvalue weighted by Gasteiger charge is -2.38. The van der Waals surface area contributed by atoms with Crippen molar-refractivity contribution in [3.8, 4) is 0 Å². The summed E-state index contributed by atoms with van der Waals surface area (Å²) in [5, 5.41) is 6.53. The fourth-order valence-electron chi connectivity index (χ4n) is 7.37. The van der Waals surface area contributed by atoms with E-state index < -0.39 is 0 Å². The van der Waals surface area contributed by atoms with Gasteiger partial charge in [0.2, 0.25) is 11.9 Å². The number of hydrogen-bond acceptors (Lipinski definition) is 9. The van der Waals surface area contributed by atoms with Gasteiger partial charge in [-0.1, -0.05) is 25.0 Å². The second kappa shape index (κ2) is 13.8. The number of imide groups is 1. The van der Waals surface area contributed by atoms with Crippen molar-refractivity contribution in [3.63, 3.8) is 0 Å². The SMILES string of the molecule is CN(C)C(=O)c1cc2cnc(Nc3ccc(N4CCC(N(C)Cc5cccc(N6CCC(=O)NC6=O)c5)CC4)cn3)nc2n1C1CCCC1. The number of carbonyl (C=O) groups excluding carboxylic acids is 3. The van der Waals surface area contributed by atoms with E-state index in [1.165, 1.54) is 0 Å². The molecular weight excluding hydrogens is 620 g/mol. The number of pyridine rings is 1. The number of benzene rings is 1. The number of amides is 4. The molecule has 0 unspecified atom stereocenters. The first kappa shape index (κ1) is 32.5. The van der Waals surface area contributed by atoms with Crippen molar-refractivity contribution < 1.29 is 14.4 Å². The lowest BCUT2D eigenvalue weighted by Crippen LogP contribution is -2.49. The van der Waals surface area contributed by atoms with Gasteiger partial charge in [0, 0.05) is 76.0 Å². The Morgan fingerprint density at radius 1 is 0.939 bits per heavy atom. The Bertz CT molecular complexity index is 1840. The molecule has 3 aromatic heterocycles. The van der Waals surface area contributed by atoms with Crippen LogP contribution in [0.4, 0.5) is 27.9 Å². The summed E-state index contributed by atoms with van der Waals surface area (Å²) in [6.07, 6.45) is 10.4. The summed E-state index contributed by atoms with van der Waals surface area (Å²) in [6.45, 7) is 3.03. The fraction of sp³-hybridized carbons (Fsp3) is 0.444. The van der Waals surface area contributed by atoms with E-state index in [-0.39, 0.29) is 23.9 Å². The minimum Gasteiger partial charge on any atom is -0.370 e. The van der Waals surface area contributed by atoms with E-state index in [1.807, 2.05) is 36.5 Å². The molecule has 1 aliphatic carbocycles. The largest absolute Gasteiger partial charge is 0.370 e. The first-order valence-electron chi connectivity index (χ1n) is 17.2. The highest BCUT2D eigenvalue weighted by Gasteiger charge is 2.28. The summed E-state index contributed by atoms with van der Waals surface area (Å²) in [4.78, 5) is 59.0. The standard InChI is InChI=1S/C36H44N10O3/c1-42(2)34(48)30-20-25-21-38-35(41-33(25)46(30)27-8-4-5-9-27)39-31-12-11-29(22-37-31)44-16-13-26(14-17-44)43(3)23-24-7-6-10-28(19-24)45-18-15-32(47)40-36(45)49/h6-7,10-12,19-22,26-27H,4-5,8-9,13-18,23H2,1-3H3,(H,40,47,49)(H,37,38,39,41). The van der Waals surface area contributed by atoms with Gasteiger partial charge in [0.15, 0.2) is 0 Å². The smallest absolute Gasteiger partial charge is 0.328 e.